The van der Waals surface area contributed by atoms with Gasteiger partial charge in [-0.05, 0) is 50.4 Å². The van der Waals surface area contributed by atoms with E-state index in [1.54, 1.807) is 0 Å². The maximum atomic E-state index is 5.39. The standard InChI is InChI=1S/C8H14.C7H14O/c1-7-3-5-8(2)6-4-7;1-6-3-4-7(2)8-5-6/h3,5,7-8H,4,6H2,1-2H3;6-7H,3-5H2,1-2H3. The van der Waals surface area contributed by atoms with Crippen molar-refractivity contribution in [2.24, 2.45) is 17.8 Å². The van der Waals surface area contributed by atoms with Gasteiger partial charge in [0, 0.05) is 6.61 Å². The average molecular weight is 224 g/mol. The van der Waals surface area contributed by atoms with E-state index < -0.39 is 0 Å². The molecule has 2 aliphatic rings. The van der Waals surface area contributed by atoms with Crippen LogP contribution in [0.3, 0.4) is 0 Å². The van der Waals surface area contributed by atoms with E-state index in [0.717, 1.165) is 24.4 Å². The SMILES string of the molecule is CC1C=CC(C)CC1.CC1CCC(C)OC1. The Kier molecular flexibility index (Phi) is 6.12. The van der Waals surface area contributed by atoms with Crippen LogP contribution in [0.1, 0.15) is 53.4 Å². The fraction of sp³-hybridized carbons (Fsp3) is 0.867. The first-order chi connectivity index (χ1) is 7.58. The molecule has 1 nitrogen and oxygen atoms in total. The molecule has 2 rings (SSSR count). The molecule has 0 amide bonds. The average Bonchev–Trinajstić information content (AvgIpc) is 2.28. The number of allylic oxidation sites excluding steroid dienone is 2. The van der Waals surface area contributed by atoms with Crippen LogP contribution in [0, 0.1) is 17.8 Å². The highest BCUT2D eigenvalue weighted by atomic mass is 16.5. The van der Waals surface area contributed by atoms with Crippen molar-refractivity contribution in [2.75, 3.05) is 6.61 Å². The Balaban J connectivity index is 0.000000160. The van der Waals surface area contributed by atoms with Gasteiger partial charge in [0.25, 0.3) is 0 Å². The van der Waals surface area contributed by atoms with Crippen molar-refractivity contribution in [1.82, 2.24) is 0 Å². The van der Waals surface area contributed by atoms with Crippen LogP contribution in [0.2, 0.25) is 0 Å². The molecule has 0 radical (unpaired) electrons. The summed E-state index contributed by atoms with van der Waals surface area (Å²) in [5.41, 5.74) is 0. The zero-order valence-electron chi connectivity index (χ0n) is 11.4. The Morgan fingerprint density at radius 1 is 0.812 bits per heavy atom. The molecule has 0 N–H and O–H groups in total. The predicted molar refractivity (Wildman–Crippen MR) is 70.5 cm³/mol. The maximum Gasteiger partial charge on any atom is 0.0547 e. The molecule has 94 valence electrons. The van der Waals surface area contributed by atoms with E-state index in [2.05, 4.69) is 39.8 Å². The Morgan fingerprint density at radius 3 is 1.69 bits per heavy atom. The normalized spacial score (nSPS) is 38.8. The summed E-state index contributed by atoms with van der Waals surface area (Å²) >= 11 is 0. The molecule has 16 heavy (non-hydrogen) atoms. The molecule has 1 fully saturated rings. The smallest absolute Gasteiger partial charge is 0.0547 e. The molecule has 1 heteroatoms. The fourth-order valence-electron chi connectivity index (χ4n) is 2.11. The lowest BCUT2D eigenvalue weighted by atomic mass is 9.91. The molecule has 1 saturated heterocycles. The Bertz CT molecular complexity index is 179. The first-order valence-corrected chi connectivity index (χ1v) is 6.88. The molecule has 0 aromatic carbocycles. The van der Waals surface area contributed by atoms with Gasteiger partial charge in [-0.3, -0.25) is 0 Å². The number of ether oxygens (including phenoxy) is 1. The number of hydrogen-bond donors (Lipinski definition) is 0. The van der Waals surface area contributed by atoms with Gasteiger partial charge in [0.1, 0.15) is 0 Å². The summed E-state index contributed by atoms with van der Waals surface area (Å²) < 4.78 is 5.39. The van der Waals surface area contributed by atoms with E-state index in [-0.39, 0.29) is 0 Å². The molecule has 0 spiro atoms. The minimum absolute atomic E-state index is 0.520. The van der Waals surface area contributed by atoms with Crippen LogP contribution in [0.4, 0.5) is 0 Å². The Morgan fingerprint density at radius 2 is 1.38 bits per heavy atom. The quantitative estimate of drug-likeness (QED) is 0.553. The summed E-state index contributed by atoms with van der Waals surface area (Å²) in [6.45, 7) is 9.92. The van der Waals surface area contributed by atoms with Crippen molar-refractivity contribution in [2.45, 2.75) is 59.5 Å². The van der Waals surface area contributed by atoms with Crippen molar-refractivity contribution in [3.05, 3.63) is 12.2 Å². The number of rotatable bonds is 0. The highest BCUT2D eigenvalue weighted by Gasteiger charge is 2.13. The molecular formula is C15H28O. The zero-order valence-corrected chi connectivity index (χ0v) is 11.4. The molecule has 1 aliphatic carbocycles. The van der Waals surface area contributed by atoms with Gasteiger partial charge < -0.3 is 4.74 Å². The van der Waals surface area contributed by atoms with Gasteiger partial charge in [0.15, 0.2) is 0 Å². The molecule has 4 unspecified atom stereocenters. The lowest BCUT2D eigenvalue weighted by Gasteiger charge is -2.23. The van der Waals surface area contributed by atoms with Gasteiger partial charge in [0.05, 0.1) is 6.10 Å². The van der Waals surface area contributed by atoms with Crippen molar-refractivity contribution in [3.8, 4) is 0 Å². The first-order valence-electron chi connectivity index (χ1n) is 6.88. The minimum atomic E-state index is 0.520. The van der Waals surface area contributed by atoms with E-state index in [9.17, 15) is 0 Å². The second kappa shape index (κ2) is 7.11. The van der Waals surface area contributed by atoms with E-state index in [0.29, 0.717) is 6.10 Å². The topological polar surface area (TPSA) is 9.23 Å². The highest BCUT2D eigenvalue weighted by Crippen LogP contribution is 2.20. The summed E-state index contributed by atoms with van der Waals surface area (Å²) in [6.07, 6.45) is 10.5. The molecule has 1 aliphatic heterocycles. The summed E-state index contributed by atoms with van der Waals surface area (Å²) in [6, 6.07) is 0. The molecule has 0 bridgehead atoms. The Hall–Kier alpha value is -0.300. The Labute approximate surface area is 101 Å². The molecule has 0 aromatic rings. The summed E-state index contributed by atoms with van der Waals surface area (Å²) in [4.78, 5) is 0. The highest BCUT2D eigenvalue weighted by molar-refractivity contribution is 4.94. The molecule has 0 saturated carbocycles. The first kappa shape index (κ1) is 13.8. The third-order valence-corrected chi connectivity index (χ3v) is 3.58. The maximum absolute atomic E-state index is 5.39. The predicted octanol–water partition coefficient (Wildman–Crippen LogP) is 4.43. The lowest BCUT2D eigenvalue weighted by molar-refractivity contribution is 0.000267. The van der Waals surface area contributed by atoms with Crippen LogP contribution in [-0.4, -0.2) is 12.7 Å². The minimum Gasteiger partial charge on any atom is -0.378 e. The van der Waals surface area contributed by atoms with Gasteiger partial charge in [-0.15, -0.1) is 0 Å². The fourth-order valence-corrected chi connectivity index (χ4v) is 2.11. The van der Waals surface area contributed by atoms with E-state index in [1.807, 2.05) is 0 Å². The van der Waals surface area contributed by atoms with Crippen LogP contribution in [0.15, 0.2) is 12.2 Å². The zero-order chi connectivity index (χ0) is 12.0. The van der Waals surface area contributed by atoms with E-state index in [1.165, 1.54) is 25.7 Å². The van der Waals surface area contributed by atoms with Crippen molar-refractivity contribution in [1.29, 1.82) is 0 Å². The summed E-state index contributed by atoms with van der Waals surface area (Å²) in [5.74, 6) is 2.48. The number of hydrogen-bond acceptors (Lipinski definition) is 1. The van der Waals surface area contributed by atoms with Gasteiger partial charge in [-0.2, -0.15) is 0 Å². The third-order valence-electron chi connectivity index (χ3n) is 3.58. The van der Waals surface area contributed by atoms with Crippen LogP contribution < -0.4 is 0 Å². The molecule has 4 atom stereocenters. The lowest BCUT2D eigenvalue weighted by Crippen LogP contribution is -2.21. The largest absolute Gasteiger partial charge is 0.378 e. The van der Waals surface area contributed by atoms with Crippen molar-refractivity contribution >= 4 is 0 Å². The van der Waals surface area contributed by atoms with Crippen LogP contribution in [-0.2, 0) is 4.74 Å². The van der Waals surface area contributed by atoms with Crippen molar-refractivity contribution in [3.63, 3.8) is 0 Å². The van der Waals surface area contributed by atoms with Gasteiger partial charge in [0.2, 0.25) is 0 Å². The molecular weight excluding hydrogens is 196 g/mol. The van der Waals surface area contributed by atoms with E-state index in [4.69, 9.17) is 4.74 Å². The van der Waals surface area contributed by atoms with Crippen LogP contribution >= 0.6 is 0 Å². The molecule has 1 heterocycles. The summed E-state index contributed by atoms with van der Waals surface area (Å²) in [7, 11) is 0. The van der Waals surface area contributed by atoms with Crippen molar-refractivity contribution < 1.29 is 4.74 Å². The van der Waals surface area contributed by atoms with Gasteiger partial charge >= 0.3 is 0 Å². The second-order valence-electron chi connectivity index (χ2n) is 5.74. The third kappa shape index (κ3) is 5.69. The van der Waals surface area contributed by atoms with E-state index >= 15 is 0 Å². The van der Waals surface area contributed by atoms with Crippen LogP contribution in [0.5, 0.6) is 0 Å². The van der Waals surface area contributed by atoms with Gasteiger partial charge in [-0.1, -0.05) is 32.9 Å². The summed E-state index contributed by atoms with van der Waals surface area (Å²) in [5, 5.41) is 0. The van der Waals surface area contributed by atoms with Gasteiger partial charge in [-0.25, -0.2) is 0 Å². The molecule has 0 aromatic heterocycles. The monoisotopic (exact) mass is 224 g/mol. The van der Waals surface area contributed by atoms with Crippen LogP contribution in [0.25, 0.3) is 0 Å². The second-order valence-corrected chi connectivity index (χ2v) is 5.74.